The number of fused-ring (bicyclic) bond motifs is 1. The largest absolute Gasteiger partial charge is 0.280 e. The van der Waals surface area contributed by atoms with E-state index < -0.39 is 6.43 Å². The van der Waals surface area contributed by atoms with E-state index in [0.29, 0.717) is 15.4 Å². The van der Waals surface area contributed by atoms with Gasteiger partial charge in [-0.2, -0.15) is 5.10 Å². The van der Waals surface area contributed by atoms with Crippen molar-refractivity contribution in [1.82, 2.24) is 10.2 Å². The molecule has 2 aromatic rings. The number of halogens is 3. The van der Waals surface area contributed by atoms with Crippen LogP contribution in [0.4, 0.5) is 8.78 Å². The number of aromatic amines is 1. The number of hydrogen-bond acceptors (Lipinski definition) is 1. The quantitative estimate of drug-likeness (QED) is 0.835. The van der Waals surface area contributed by atoms with Gasteiger partial charge in [-0.15, -0.1) is 0 Å². The zero-order valence-corrected chi connectivity index (χ0v) is 8.90. The maximum Gasteiger partial charge on any atom is 0.280 e. The highest BCUT2D eigenvalue weighted by atomic mass is 79.9. The fourth-order valence-electron chi connectivity index (χ4n) is 1.35. The lowest BCUT2D eigenvalue weighted by Crippen LogP contribution is -1.86. The molecule has 0 aliphatic rings. The molecular formula is C9H7BrF2N2. The first-order valence-electron chi connectivity index (χ1n) is 4.02. The highest BCUT2D eigenvalue weighted by Gasteiger charge is 2.17. The van der Waals surface area contributed by atoms with Gasteiger partial charge in [0, 0.05) is 9.86 Å². The van der Waals surface area contributed by atoms with Crippen molar-refractivity contribution in [3.8, 4) is 0 Å². The Kier molecular flexibility index (Phi) is 2.26. The van der Waals surface area contributed by atoms with Gasteiger partial charge in [0.1, 0.15) is 5.69 Å². The van der Waals surface area contributed by atoms with Crippen molar-refractivity contribution < 1.29 is 8.78 Å². The van der Waals surface area contributed by atoms with Gasteiger partial charge in [0.05, 0.1) is 5.52 Å². The third-order valence-electron chi connectivity index (χ3n) is 2.10. The van der Waals surface area contributed by atoms with E-state index in [1.165, 1.54) is 0 Å². The Morgan fingerprint density at radius 2 is 2.14 bits per heavy atom. The summed E-state index contributed by atoms with van der Waals surface area (Å²) in [6.45, 7) is 1.85. The number of alkyl halides is 2. The maximum atomic E-state index is 12.5. The number of H-pyrrole nitrogens is 1. The molecule has 0 fully saturated rings. The maximum absolute atomic E-state index is 12.5. The minimum absolute atomic E-state index is 0.129. The van der Waals surface area contributed by atoms with Crippen molar-refractivity contribution in [3.63, 3.8) is 0 Å². The Balaban J connectivity index is 2.82. The Morgan fingerprint density at radius 3 is 2.79 bits per heavy atom. The van der Waals surface area contributed by atoms with Gasteiger partial charge in [-0.1, -0.05) is 6.07 Å². The molecule has 74 valence electrons. The summed E-state index contributed by atoms with van der Waals surface area (Å²) in [6, 6.07) is 3.56. The molecule has 0 saturated carbocycles. The summed E-state index contributed by atoms with van der Waals surface area (Å²) >= 11 is 3.29. The predicted octanol–water partition coefficient (Wildman–Crippen LogP) is 3.57. The summed E-state index contributed by atoms with van der Waals surface area (Å²) in [5.41, 5.74) is 1.34. The zero-order chi connectivity index (χ0) is 10.3. The molecule has 0 radical (unpaired) electrons. The van der Waals surface area contributed by atoms with Crippen LogP contribution in [-0.4, -0.2) is 10.2 Å². The highest BCUT2D eigenvalue weighted by molar-refractivity contribution is 9.10. The second-order valence-corrected chi connectivity index (χ2v) is 3.82. The van der Waals surface area contributed by atoms with E-state index in [9.17, 15) is 8.78 Å². The van der Waals surface area contributed by atoms with Gasteiger partial charge in [-0.25, -0.2) is 8.78 Å². The minimum atomic E-state index is -2.53. The SMILES string of the molecule is Cc1ccc2n[nH]c(C(F)F)c2c1Br. The van der Waals surface area contributed by atoms with Crippen LogP contribution >= 0.6 is 15.9 Å². The lowest BCUT2D eigenvalue weighted by atomic mass is 10.1. The second-order valence-electron chi connectivity index (χ2n) is 3.03. The molecule has 0 atom stereocenters. The van der Waals surface area contributed by atoms with Crippen molar-refractivity contribution in [2.75, 3.05) is 0 Å². The molecule has 2 rings (SSSR count). The fourth-order valence-corrected chi connectivity index (χ4v) is 1.90. The van der Waals surface area contributed by atoms with Gasteiger partial charge in [0.15, 0.2) is 0 Å². The summed E-state index contributed by atoms with van der Waals surface area (Å²) < 4.78 is 25.8. The molecule has 5 heteroatoms. The van der Waals surface area contributed by atoms with Crippen LogP contribution in [-0.2, 0) is 0 Å². The van der Waals surface area contributed by atoms with Crippen LogP contribution in [0, 0.1) is 6.92 Å². The molecule has 0 saturated heterocycles. The van der Waals surface area contributed by atoms with Crippen molar-refractivity contribution in [2.24, 2.45) is 0 Å². The summed E-state index contributed by atoms with van der Waals surface area (Å²) in [7, 11) is 0. The average molecular weight is 261 g/mol. The highest BCUT2D eigenvalue weighted by Crippen LogP contribution is 2.33. The lowest BCUT2D eigenvalue weighted by molar-refractivity contribution is 0.147. The predicted molar refractivity (Wildman–Crippen MR) is 53.5 cm³/mol. The molecule has 2 nitrogen and oxygen atoms in total. The molecule has 0 aliphatic carbocycles. The summed E-state index contributed by atoms with van der Waals surface area (Å²) in [4.78, 5) is 0. The molecule has 0 aliphatic heterocycles. The Morgan fingerprint density at radius 1 is 1.43 bits per heavy atom. The van der Waals surface area contributed by atoms with Crippen molar-refractivity contribution >= 4 is 26.8 Å². The smallest absolute Gasteiger partial charge is 0.275 e. The van der Waals surface area contributed by atoms with Gasteiger partial charge in [-0.3, -0.25) is 5.10 Å². The molecule has 0 unspecified atom stereocenters. The lowest BCUT2D eigenvalue weighted by Gasteiger charge is -2.01. The summed E-state index contributed by atoms with van der Waals surface area (Å²) in [5.74, 6) is 0. The van der Waals surface area contributed by atoms with Gasteiger partial charge in [-0.05, 0) is 34.5 Å². The van der Waals surface area contributed by atoms with E-state index in [1.54, 1.807) is 6.07 Å². The van der Waals surface area contributed by atoms with E-state index in [-0.39, 0.29) is 5.69 Å². The standard InChI is InChI=1S/C9H7BrF2N2/c1-4-2-3-5-6(7(4)10)8(9(11)12)14-13-5/h2-3,9H,1H3,(H,13,14). The van der Waals surface area contributed by atoms with Crippen LogP contribution in [0.15, 0.2) is 16.6 Å². The van der Waals surface area contributed by atoms with E-state index in [0.717, 1.165) is 5.56 Å². The number of nitrogens with zero attached hydrogens (tertiary/aromatic N) is 1. The first-order valence-corrected chi connectivity index (χ1v) is 4.81. The van der Waals surface area contributed by atoms with Crippen LogP contribution in [0.25, 0.3) is 10.9 Å². The Labute approximate surface area is 87.4 Å². The van der Waals surface area contributed by atoms with Crippen LogP contribution in [0.5, 0.6) is 0 Å². The average Bonchev–Trinajstić information content (AvgIpc) is 2.55. The molecular weight excluding hydrogens is 254 g/mol. The molecule has 1 N–H and O–H groups in total. The number of benzene rings is 1. The van der Waals surface area contributed by atoms with Crippen LogP contribution in [0.2, 0.25) is 0 Å². The van der Waals surface area contributed by atoms with Gasteiger partial charge in [0.25, 0.3) is 6.43 Å². The molecule has 0 bridgehead atoms. The van der Waals surface area contributed by atoms with Crippen LogP contribution in [0.3, 0.4) is 0 Å². The van der Waals surface area contributed by atoms with E-state index in [1.807, 2.05) is 13.0 Å². The third-order valence-corrected chi connectivity index (χ3v) is 3.12. The number of aryl methyl sites for hydroxylation is 1. The van der Waals surface area contributed by atoms with Crippen molar-refractivity contribution in [2.45, 2.75) is 13.3 Å². The fraction of sp³-hybridized carbons (Fsp3) is 0.222. The second kappa shape index (κ2) is 3.31. The van der Waals surface area contributed by atoms with Crippen molar-refractivity contribution in [1.29, 1.82) is 0 Å². The molecule has 1 aromatic carbocycles. The molecule has 14 heavy (non-hydrogen) atoms. The molecule has 1 aromatic heterocycles. The first-order chi connectivity index (χ1) is 6.61. The summed E-state index contributed by atoms with van der Waals surface area (Å²) in [5, 5.41) is 6.63. The number of nitrogens with one attached hydrogen (secondary N) is 1. The molecule has 0 amide bonds. The normalized spacial score (nSPS) is 11.5. The Bertz CT molecular complexity index is 479. The van der Waals surface area contributed by atoms with Crippen molar-refractivity contribution in [3.05, 3.63) is 27.9 Å². The molecule has 1 heterocycles. The van der Waals surface area contributed by atoms with E-state index >= 15 is 0 Å². The third kappa shape index (κ3) is 1.32. The first kappa shape index (κ1) is 9.58. The Hall–Kier alpha value is -0.970. The van der Waals surface area contributed by atoms with E-state index in [2.05, 4.69) is 26.1 Å². The van der Waals surface area contributed by atoms with E-state index in [4.69, 9.17) is 0 Å². The number of aromatic nitrogens is 2. The minimum Gasteiger partial charge on any atom is -0.275 e. The summed E-state index contributed by atoms with van der Waals surface area (Å²) in [6.07, 6.45) is -2.53. The zero-order valence-electron chi connectivity index (χ0n) is 7.31. The monoisotopic (exact) mass is 260 g/mol. The molecule has 0 spiro atoms. The van der Waals surface area contributed by atoms with Gasteiger partial charge < -0.3 is 0 Å². The number of hydrogen-bond donors (Lipinski definition) is 1. The number of rotatable bonds is 1. The van der Waals surface area contributed by atoms with Crippen LogP contribution < -0.4 is 0 Å². The van der Waals surface area contributed by atoms with Gasteiger partial charge in [0.2, 0.25) is 0 Å². The van der Waals surface area contributed by atoms with Crippen LogP contribution in [0.1, 0.15) is 17.7 Å². The topological polar surface area (TPSA) is 28.7 Å². The van der Waals surface area contributed by atoms with Gasteiger partial charge >= 0.3 is 0 Å².